The standard InChI is InChI=1S/C20H24ClN5O/c1-12-8-14-11-15(9-12)25(14)20(27)24-13-2-4-18(21)17(10-13)16-3-5-19(16)26-22-6-7-23-26/h2,4,6-7,10,12,14-16,19H,3,5,8-9,11H2,1H3,(H,24,27)/t12?,14-,15?,16+,19?/m1/s1. The first-order chi connectivity index (χ1) is 13.1. The lowest BCUT2D eigenvalue weighted by molar-refractivity contribution is -0.00601. The molecule has 2 bridgehead atoms. The second-order valence-electron chi connectivity index (χ2n) is 8.29. The Balaban J connectivity index is 1.32. The number of nitrogens with zero attached hydrogens (tertiary/aromatic N) is 4. The first kappa shape index (κ1) is 17.0. The lowest BCUT2D eigenvalue weighted by Gasteiger charge is -2.54. The van der Waals surface area contributed by atoms with Gasteiger partial charge in [-0.25, -0.2) is 4.79 Å². The second kappa shape index (κ2) is 6.51. The molecule has 5 atom stereocenters. The summed E-state index contributed by atoms with van der Waals surface area (Å²) in [6, 6.07) is 6.88. The highest BCUT2D eigenvalue weighted by Crippen LogP contribution is 2.48. The van der Waals surface area contributed by atoms with Gasteiger partial charge in [0, 0.05) is 28.7 Å². The highest BCUT2D eigenvalue weighted by molar-refractivity contribution is 6.31. The molecule has 2 aromatic rings. The molecule has 4 fully saturated rings. The molecule has 2 amide bonds. The van der Waals surface area contributed by atoms with Crippen LogP contribution in [0, 0.1) is 5.92 Å². The van der Waals surface area contributed by atoms with Crippen molar-refractivity contribution in [1.82, 2.24) is 19.9 Å². The molecule has 3 unspecified atom stereocenters. The normalized spacial score (nSPS) is 31.8. The van der Waals surface area contributed by atoms with E-state index in [-0.39, 0.29) is 18.0 Å². The average Bonchev–Trinajstić information content (AvgIpc) is 3.10. The molecule has 7 heteroatoms. The van der Waals surface area contributed by atoms with E-state index in [0.717, 1.165) is 54.3 Å². The van der Waals surface area contributed by atoms with E-state index < -0.39 is 0 Å². The Labute approximate surface area is 163 Å². The van der Waals surface area contributed by atoms with Gasteiger partial charge in [0.25, 0.3) is 0 Å². The minimum absolute atomic E-state index is 0.0234. The van der Waals surface area contributed by atoms with Crippen LogP contribution in [0.5, 0.6) is 0 Å². The summed E-state index contributed by atoms with van der Waals surface area (Å²) in [4.78, 5) is 16.6. The number of benzene rings is 1. The van der Waals surface area contributed by atoms with Crippen LogP contribution in [-0.2, 0) is 0 Å². The first-order valence-corrected chi connectivity index (χ1v) is 10.2. The smallest absolute Gasteiger partial charge is 0.318 e. The van der Waals surface area contributed by atoms with Crippen LogP contribution in [0.15, 0.2) is 30.6 Å². The Bertz CT molecular complexity index is 842. The lowest BCUT2D eigenvalue weighted by Crippen LogP contribution is -2.63. The van der Waals surface area contributed by atoms with Crippen molar-refractivity contribution in [1.29, 1.82) is 0 Å². The van der Waals surface area contributed by atoms with Crippen LogP contribution in [0.2, 0.25) is 5.02 Å². The summed E-state index contributed by atoms with van der Waals surface area (Å²) in [5, 5.41) is 12.4. The van der Waals surface area contributed by atoms with Crippen molar-refractivity contribution in [2.75, 3.05) is 5.32 Å². The van der Waals surface area contributed by atoms with Gasteiger partial charge in [-0.1, -0.05) is 18.5 Å². The number of carbonyl (C=O) groups is 1. The number of rotatable bonds is 3. The number of urea groups is 1. The molecule has 6 nitrogen and oxygen atoms in total. The summed E-state index contributed by atoms with van der Waals surface area (Å²) in [6.45, 7) is 2.28. The average molecular weight is 386 g/mol. The fraction of sp³-hybridized carbons (Fsp3) is 0.550. The summed E-state index contributed by atoms with van der Waals surface area (Å²) in [6.07, 6.45) is 8.91. The summed E-state index contributed by atoms with van der Waals surface area (Å²) in [7, 11) is 0. The number of piperidine rings is 1. The van der Waals surface area contributed by atoms with Crippen molar-refractivity contribution in [2.45, 2.75) is 63.1 Å². The topological polar surface area (TPSA) is 63.1 Å². The maximum Gasteiger partial charge on any atom is 0.322 e. The van der Waals surface area contributed by atoms with Gasteiger partial charge in [-0.3, -0.25) is 0 Å². The van der Waals surface area contributed by atoms with E-state index >= 15 is 0 Å². The van der Waals surface area contributed by atoms with Gasteiger partial charge >= 0.3 is 6.03 Å². The van der Waals surface area contributed by atoms with Gasteiger partial charge < -0.3 is 10.2 Å². The van der Waals surface area contributed by atoms with Crippen LogP contribution >= 0.6 is 11.6 Å². The van der Waals surface area contributed by atoms with E-state index in [2.05, 4.69) is 22.4 Å². The number of anilines is 1. The molecule has 1 aromatic heterocycles. The van der Waals surface area contributed by atoms with E-state index in [4.69, 9.17) is 11.6 Å². The Morgan fingerprint density at radius 1 is 1.15 bits per heavy atom. The van der Waals surface area contributed by atoms with Crippen LogP contribution in [-0.4, -0.2) is 38.0 Å². The van der Waals surface area contributed by atoms with Gasteiger partial charge in [-0.2, -0.15) is 15.0 Å². The predicted molar refractivity (Wildman–Crippen MR) is 104 cm³/mol. The molecule has 1 N–H and O–H groups in total. The molecule has 0 spiro atoms. The van der Waals surface area contributed by atoms with Crippen molar-refractivity contribution < 1.29 is 4.79 Å². The van der Waals surface area contributed by atoms with Crippen LogP contribution < -0.4 is 5.32 Å². The molecule has 4 aliphatic rings. The Hall–Kier alpha value is -2.08. The van der Waals surface area contributed by atoms with E-state index in [1.807, 2.05) is 23.1 Å². The van der Waals surface area contributed by atoms with Gasteiger partial charge in [-0.05, 0) is 61.8 Å². The van der Waals surface area contributed by atoms with Crippen molar-refractivity contribution in [3.63, 3.8) is 0 Å². The Morgan fingerprint density at radius 3 is 2.56 bits per heavy atom. The zero-order chi connectivity index (χ0) is 18.5. The summed E-state index contributed by atoms with van der Waals surface area (Å²) < 4.78 is 0. The number of amides is 2. The van der Waals surface area contributed by atoms with E-state index in [1.165, 1.54) is 0 Å². The second-order valence-corrected chi connectivity index (χ2v) is 8.70. The number of hydrogen-bond donors (Lipinski definition) is 1. The molecule has 2 saturated heterocycles. The van der Waals surface area contributed by atoms with Crippen molar-refractivity contribution in [3.8, 4) is 0 Å². The highest BCUT2D eigenvalue weighted by Gasteiger charge is 2.46. The molecule has 2 aliphatic heterocycles. The monoisotopic (exact) mass is 385 g/mol. The van der Waals surface area contributed by atoms with Crippen LogP contribution in [0.25, 0.3) is 0 Å². The third kappa shape index (κ3) is 2.90. The van der Waals surface area contributed by atoms with Crippen LogP contribution in [0.4, 0.5) is 10.5 Å². The molecule has 27 heavy (non-hydrogen) atoms. The molecule has 2 aliphatic carbocycles. The van der Waals surface area contributed by atoms with E-state index in [0.29, 0.717) is 12.1 Å². The molecule has 1 aromatic carbocycles. The fourth-order valence-electron chi connectivity index (χ4n) is 5.09. The molecule has 2 saturated carbocycles. The summed E-state index contributed by atoms with van der Waals surface area (Å²) in [5.41, 5.74) is 1.89. The molecule has 0 radical (unpaired) electrons. The number of halogens is 1. The minimum atomic E-state index is 0.0234. The maximum absolute atomic E-state index is 12.8. The third-order valence-electron chi connectivity index (χ3n) is 6.53. The number of fused-ring (bicyclic) bond motifs is 2. The first-order valence-electron chi connectivity index (χ1n) is 9.84. The highest BCUT2D eigenvalue weighted by atomic mass is 35.5. The summed E-state index contributed by atoms with van der Waals surface area (Å²) >= 11 is 6.49. The molecule has 3 heterocycles. The minimum Gasteiger partial charge on any atom is -0.318 e. The third-order valence-corrected chi connectivity index (χ3v) is 6.88. The zero-order valence-corrected chi connectivity index (χ0v) is 16.1. The molecule has 6 rings (SSSR count). The molecular weight excluding hydrogens is 362 g/mol. The maximum atomic E-state index is 12.8. The zero-order valence-electron chi connectivity index (χ0n) is 15.4. The van der Waals surface area contributed by atoms with Crippen molar-refractivity contribution >= 4 is 23.3 Å². The SMILES string of the molecule is CC1CC2C[C@@H](C1)N2C(=O)Nc1ccc(Cl)c([C@@H]2CCC2n2nccn2)c1. The van der Waals surface area contributed by atoms with Gasteiger partial charge in [-0.15, -0.1) is 0 Å². The number of carbonyl (C=O) groups excluding carboxylic acids is 1. The van der Waals surface area contributed by atoms with Crippen LogP contribution in [0.3, 0.4) is 0 Å². The number of nitrogens with one attached hydrogen (secondary N) is 1. The quantitative estimate of drug-likeness (QED) is 0.848. The van der Waals surface area contributed by atoms with Gasteiger partial charge in [0.1, 0.15) is 0 Å². The van der Waals surface area contributed by atoms with E-state index in [1.54, 1.807) is 17.2 Å². The fourth-order valence-corrected chi connectivity index (χ4v) is 5.35. The largest absolute Gasteiger partial charge is 0.322 e. The Morgan fingerprint density at radius 2 is 1.89 bits per heavy atom. The molecule has 142 valence electrons. The van der Waals surface area contributed by atoms with Crippen molar-refractivity contribution in [3.05, 3.63) is 41.2 Å². The predicted octanol–water partition coefficient (Wildman–Crippen LogP) is 4.45. The Kier molecular flexibility index (Phi) is 4.11. The van der Waals surface area contributed by atoms with Crippen LogP contribution in [0.1, 0.15) is 56.6 Å². The number of aromatic nitrogens is 3. The van der Waals surface area contributed by atoms with Gasteiger partial charge in [0.2, 0.25) is 0 Å². The molecular formula is C20H24ClN5O. The number of hydrogen-bond acceptors (Lipinski definition) is 3. The van der Waals surface area contributed by atoms with Crippen molar-refractivity contribution in [2.24, 2.45) is 5.92 Å². The van der Waals surface area contributed by atoms with E-state index in [9.17, 15) is 4.79 Å². The van der Waals surface area contributed by atoms with Gasteiger partial charge in [0.05, 0.1) is 18.4 Å². The lowest BCUT2D eigenvalue weighted by atomic mass is 9.74. The summed E-state index contributed by atoms with van der Waals surface area (Å²) in [5.74, 6) is 1.01. The van der Waals surface area contributed by atoms with Gasteiger partial charge in [0.15, 0.2) is 0 Å².